The van der Waals surface area contributed by atoms with E-state index in [2.05, 4.69) is 43.8 Å². The van der Waals surface area contributed by atoms with Crippen molar-refractivity contribution < 1.29 is 24.3 Å². The molecule has 0 aliphatic carbocycles. The average Bonchev–Trinajstić information content (AvgIpc) is 3.04. The molecule has 0 saturated heterocycles. The van der Waals surface area contributed by atoms with Crippen LogP contribution < -0.4 is 16.1 Å². The van der Waals surface area contributed by atoms with Gasteiger partial charge < -0.3 is 15.7 Å². The summed E-state index contributed by atoms with van der Waals surface area (Å²) in [5, 5.41) is 18.0. The van der Waals surface area contributed by atoms with Gasteiger partial charge in [0.05, 0.1) is 5.69 Å². The van der Waals surface area contributed by atoms with Crippen molar-refractivity contribution in [3.05, 3.63) is 57.2 Å². The lowest BCUT2D eigenvalue weighted by Gasteiger charge is -2.06. The Morgan fingerprint density at radius 1 is 1.03 bits per heavy atom. The molecule has 0 radical (unpaired) electrons. The Bertz CT molecular complexity index is 1070. The lowest BCUT2D eigenvalue weighted by Crippen LogP contribution is -2.23. The Morgan fingerprint density at radius 2 is 1.74 bits per heavy atom. The first-order valence-electron chi connectivity index (χ1n) is 9.44. The quantitative estimate of drug-likeness (QED) is 0.235. The van der Waals surface area contributed by atoms with Gasteiger partial charge in [0.15, 0.2) is 5.71 Å². The first-order valence-corrected chi connectivity index (χ1v) is 10.5. The second kappa shape index (κ2) is 10.2. The van der Waals surface area contributed by atoms with Crippen LogP contribution in [0, 0.1) is 3.57 Å². The van der Waals surface area contributed by atoms with E-state index in [1.165, 1.54) is 12.1 Å². The van der Waals surface area contributed by atoms with Crippen LogP contribution >= 0.6 is 22.6 Å². The molecule has 0 atom stereocenters. The van der Waals surface area contributed by atoms with E-state index in [-0.39, 0.29) is 24.5 Å². The number of carboxylic acids is 1. The molecule has 0 spiro atoms. The summed E-state index contributed by atoms with van der Waals surface area (Å²) < 4.78 is 0.936. The third kappa shape index (κ3) is 6.10. The van der Waals surface area contributed by atoms with E-state index >= 15 is 0 Å². The summed E-state index contributed by atoms with van der Waals surface area (Å²) in [6.07, 6.45) is 1.17. The Balaban J connectivity index is 1.56. The van der Waals surface area contributed by atoms with Crippen molar-refractivity contribution in [1.82, 2.24) is 5.43 Å². The lowest BCUT2D eigenvalue weighted by molar-refractivity contribution is -0.137. The number of fused-ring (bicyclic) bond motifs is 1. The highest BCUT2D eigenvalue weighted by Crippen LogP contribution is 2.25. The smallest absolute Gasteiger partial charge is 0.303 e. The molecule has 160 valence electrons. The van der Waals surface area contributed by atoms with Crippen LogP contribution in [0.15, 0.2) is 47.6 Å². The fourth-order valence-electron chi connectivity index (χ4n) is 2.90. The SMILES string of the molecule is O=C(O)CCCCC(=O)Nc1ccc(C(=O)N/N=C2\C(=O)Nc3ccc(I)cc32)cc1. The highest BCUT2D eigenvalue weighted by Gasteiger charge is 2.26. The predicted octanol–water partition coefficient (Wildman–Crippen LogP) is 2.96. The van der Waals surface area contributed by atoms with Gasteiger partial charge >= 0.3 is 5.97 Å². The van der Waals surface area contributed by atoms with E-state index in [1.54, 1.807) is 24.3 Å². The molecule has 0 saturated carbocycles. The minimum atomic E-state index is -0.882. The first-order chi connectivity index (χ1) is 14.8. The number of halogens is 1. The lowest BCUT2D eigenvalue weighted by atomic mass is 10.1. The van der Waals surface area contributed by atoms with Crippen molar-refractivity contribution in [1.29, 1.82) is 0 Å². The van der Waals surface area contributed by atoms with Crippen LogP contribution in [0.1, 0.15) is 41.6 Å². The van der Waals surface area contributed by atoms with Gasteiger partial charge in [-0.15, -0.1) is 0 Å². The molecule has 2 aromatic rings. The van der Waals surface area contributed by atoms with Crippen LogP contribution in [0.2, 0.25) is 0 Å². The predicted molar refractivity (Wildman–Crippen MR) is 123 cm³/mol. The van der Waals surface area contributed by atoms with Gasteiger partial charge in [0.25, 0.3) is 11.8 Å². The Kier molecular flexibility index (Phi) is 7.34. The second-order valence-electron chi connectivity index (χ2n) is 6.77. The molecule has 1 aliphatic rings. The normalized spacial score (nSPS) is 13.5. The van der Waals surface area contributed by atoms with Gasteiger partial charge in [-0.1, -0.05) is 0 Å². The van der Waals surface area contributed by atoms with E-state index in [1.807, 2.05) is 6.07 Å². The summed E-state index contributed by atoms with van der Waals surface area (Å²) in [5.74, 6) is -1.99. The standard InChI is InChI=1S/C21H19IN4O5/c22-13-7-10-16-15(11-13)19(21(31)24-16)25-26-20(30)12-5-8-14(9-6-12)23-17(27)3-1-2-4-18(28)29/h5-11H,1-4H2,(H,23,27)(H,26,30)(H,28,29)(H,24,25,31). The summed E-state index contributed by atoms with van der Waals surface area (Å²) in [4.78, 5) is 46.8. The van der Waals surface area contributed by atoms with Gasteiger partial charge in [-0.3, -0.25) is 19.2 Å². The highest BCUT2D eigenvalue weighted by molar-refractivity contribution is 14.1. The van der Waals surface area contributed by atoms with Crippen molar-refractivity contribution in [3.63, 3.8) is 0 Å². The van der Waals surface area contributed by atoms with Gasteiger partial charge in [-0.05, 0) is 77.9 Å². The molecule has 3 rings (SSSR count). The van der Waals surface area contributed by atoms with E-state index in [4.69, 9.17) is 5.11 Å². The van der Waals surface area contributed by atoms with Crippen molar-refractivity contribution in [2.45, 2.75) is 25.7 Å². The van der Waals surface area contributed by atoms with Crippen LogP contribution in [0.3, 0.4) is 0 Å². The molecule has 10 heteroatoms. The molecule has 9 nitrogen and oxygen atoms in total. The van der Waals surface area contributed by atoms with Gasteiger partial charge in [-0.2, -0.15) is 5.10 Å². The summed E-state index contributed by atoms with van der Waals surface area (Å²) in [7, 11) is 0. The zero-order valence-electron chi connectivity index (χ0n) is 16.3. The summed E-state index contributed by atoms with van der Waals surface area (Å²) in [5.41, 5.74) is 4.61. The first kappa shape index (κ1) is 22.4. The third-order valence-electron chi connectivity index (χ3n) is 4.44. The van der Waals surface area contributed by atoms with E-state index in [9.17, 15) is 19.2 Å². The third-order valence-corrected chi connectivity index (χ3v) is 5.12. The topological polar surface area (TPSA) is 137 Å². The molecule has 0 unspecified atom stereocenters. The molecule has 1 aliphatic heterocycles. The van der Waals surface area contributed by atoms with Gasteiger partial charge in [0, 0.05) is 33.2 Å². The molecular formula is C21H19IN4O5. The van der Waals surface area contributed by atoms with Crippen LogP contribution in [0.5, 0.6) is 0 Å². The number of hydrogen-bond acceptors (Lipinski definition) is 5. The number of hydrazone groups is 1. The van der Waals surface area contributed by atoms with Crippen molar-refractivity contribution in [2.75, 3.05) is 10.6 Å². The number of carbonyl (C=O) groups excluding carboxylic acids is 3. The fourth-order valence-corrected chi connectivity index (χ4v) is 3.39. The van der Waals surface area contributed by atoms with Crippen molar-refractivity contribution >= 4 is 63.4 Å². The fraction of sp³-hybridized carbons (Fsp3) is 0.190. The average molecular weight is 534 g/mol. The van der Waals surface area contributed by atoms with Gasteiger partial charge in [0.1, 0.15) is 0 Å². The molecule has 3 amide bonds. The highest BCUT2D eigenvalue weighted by atomic mass is 127. The maximum atomic E-state index is 12.4. The molecule has 4 N–H and O–H groups in total. The molecule has 0 bridgehead atoms. The molecular weight excluding hydrogens is 515 g/mol. The monoisotopic (exact) mass is 534 g/mol. The number of aliphatic carboxylic acids is 1. The Hall–Kier alpha value is -3.28. The Morgan fingerprint density at radius 3 is 2.45 bits per heavy atom. The molecule has 0 aromatic heterocycles. The van der Waals surface area contributed by atoms with Gasteiger partial charge in [-0.25, -0.2) is 5.43 Å². The summed E-state index contributed by atoms with van der Waals surface area (Å²) in [6, 6.07) is 11.7. The summed E-state index contributed by atoms with van der Waals surface area (Å²) in [6.45, 7) is 0. The van der Waals surface area contributed by atoms with E-state index < -0.39 is 17.8 Å². The molecule has 31 heavy (non-hydrogen) atoms. The maximum absolute atomic E-state index is 12.4. The second-order valence-corrected chi connectivity index (χ2v) is 8.02. The van der Waals surface area contributed by atoms with Crippen molar-refractivity contribution in [2.24, 2.45) is 5.10 Å². The van der Waals surface area contributed by atoms with Gasteiger partial charge in [0.2, 0.25) is 5.91 Å². The number of carbonyl (C=O) groups is 4. The molecule has 1 heterocycles. The number of nitrogens with zero attached hydrogens (tertiary/aromatic N) is 1. The minimum Gasteiger partial charge on any atom is -0.481 e. The zero-order chi connectivity index (χ0) is 22.4. The zero-order valence-corrected chi connectivity index (χ0v) is 18.4. The molecule has 2 aromatic carbocycles. The van der Waals surface area contributed by atoms with Crippen LogP contribution in [0.4, 0.5) is 11.4 Å². The number of anilines is 2. The largest absolute Gasteiger partial charge is 0.481 e. The van der Waals surface area contributed by atoms with E-state index in [0.717, 1.165) is 3.57 Å². The number of rotatable bonds is 8. The van der Waals surface area contributed by atoms with Crippen LogP contribution in [0.25, 0.3) is 0 Å². The van der Waals surface area contributed by atoms with Crippen LogP contribution in [-0.4, -0.2) is 34.5 Å². The number of unbranched alkanes of at least 4 members (excludes halogenated alkanes) is 1. The van der Waals surface area contributed by atoms with Crippen LogP contribution in [-0.2, 0) is 14.4 Å². The number of hydrogen-bond donors (Lipinski definition) is 4. The van der Waals surface area contributed by atoms with E-state index in [0.29, 0.717) is 35.3 Å². The number of carboxylic acid groups (broad SMARTS) is 1. The van der Waals surface area contributed by atoms with Crippen molar-refractivity contribution in [3.8, 4) is 0 Å². The molecule has 0 fully saturated rings. The number of benzene rings is 2. The summed E-state index contributed by atoms with van der Waals surface area (Å²) >= 11 is 2.13. The number of amides is 3. The number of nitrogens with one attached hydrogen (secondary N) is 3. The Labute approximate surface area is 191 Å². The maximum Gasteiger partial charge on any atom is 0.303 e. The minimum absolute atomic E-state index is 0.0355.